The summed E-state index contributed by atoms with van der Waals surface area (Å²) in [5.74, 6) is 0. The number of hydrogen-bond donors (Lipinski definition) is 3. The summed E-state index contributed by atoms with van der Waals surface area (Å²) in [5.41, 5.74) is 0. The standard InChI is InChI=1S/C7H10FSi.3C4H10O.Zr/c1-9(2,8)7-5-3-4-6-7;3*1-2-3-4-5;/h3-6H,1-2H3;3*5H,2-4H2,1H3;/q-1;;;;. The summed E-state index contributed by atoms with van der Waals surface area (Å²) in [5, 5.41) is 25.1. The second kappa shape index (κ2) is 26.5. The molecule has 0 aliphatic carbocycles. The minimum atomic E-state index is -2.48. The van der Waals surface area contributed by atoms with Crippen molar-refractivity contribution in [2.45, 2.75) is 72.4 Å². The molecule has 0 amide bonds. The predicted molar refractivity (Wildman–Crippen MR) is 106 cm³/mol. The molecule has 0 atom stereocenters. The average Bonchev–Trinajstić information content (AvgIpc) is 3.06. The van der Waals surface area contributed by atoms with Crippen molar-refractivity contribution >= 4 is 13.6 Å². The average molecular weight is 455 g/mol. The molecular formula is C19H40FO3SiZr-. The van der Waals surface area contributed by atoms with Gasteiger partial charge in [0.15, 0.2) is 0 Å². The van der Waals surface area contributed by atoms with E-state index in [0.717, 1.165) is 43.7 Å². The third-order valence-electron chi connectivity index (χ3n) is 2.88. The number of aliphatic hydroxyl groups excluding tert-OH is 3. The SMILES string of the molecule is CCCCO.CCCCO.CCCCO.C[Si](C)(F)[c-]1cccc1.[Zr]. The number of aliphatic hydroxyl groups is 3. The van der Waals surface area contributed by atoms with Gasteiger partial charge in [-0.25, -0.2) is 12.1 Å². The van der Waals surface area contributed by atoms with E-state index < -0.39 is 8.41 Å². The van der Waals surface area contributed by atoms with Gasteiger partial charge >= 0.3 is 0 Å². The molecule has 0 saturated carbocycles. The molecule has 0 aliphatic rings. The smallest absolute Gasteiger partial charge is 0.214 e. The number of hydrogen-bond acceptors (Lipinski definition) is 3. The maximum atomic E-state index is 13.1. The molecule has 0 unspecified atom stereocenters. The molecule has 0 saturated heterocycles. The van der Waals surface area contributed by atoms with Gasteiger partial charge in [-0.05, 0) is 32.4 Å². The minimum absolute atomic E-state index is 0. The summed E-state index contributed by atoms with van der Waals surface area (Å²) in [7, 11) is -2.48. The van der Waals surface area contributed by atoms with Crippen molar-refractivity contribution < 1.29 is 45.6 Å². The van der Waals surface area contributed by atoms with Crippen molar-refractivity contribution in [1.82, 2.24) is 0 Å². The summed E-state index contributed by atoms with van der Waals surface area (Å²) in [6.07, 6.45) is 6.11. The number of halogens is 1. The molecule has 0 aromatic heterocycles. The van der Waals surface area contributed by atoms with Crippen molar-refractivity contribution in [3.8, 4) is 0 Å². The molecule has 0 aliphatic heterocycles. The Labute approximate surface area is 175 Å². The Bertz CT molecular complexity index is 284. The van der Waals surface area contributed by atoms with Crippen LogP contribution in [0.4, 0.5) is 4.11 Å². The van der Waals surface area contributed by atoms with Crippen LogP contribution in [0.2, 0.25) is 13.1 Å². The van der Waals surface area contributed by atoms with E-state index in [1.807, 2.05) is 24.3 Å². The van der Waals surface area contributed by atoms with Crippen molar-refractivity contribution in [2.24, 2.45) is 0 Å². The van der Waals surface area contributed by atoms with Gasteiger partial charge in [-0.15, -0.1) is 5.19 Å². The molecule has 6 heteroatoms. The Morgan fingerprint density at radius 1 is 0.760 bits per heavy atom. The first kappa shape index (κ1) is 32.9. The molecule has 150 valence electrons. The zero-order valence-corrected chi connectivity index (χ0v) is 20.4. The maximum absolute atomic E-state index is 13.1. The van der Waals surface area contributed by atoms with Crippen LogP contribution in [-0.4, -0.2) is 43.5 Å². The van der Waals surface area contributed by atoms with Crippen molar-refractivity contribution in [1.29, 1.82) is 0 Å². The van der Waals surface area contributed by atoms with Crippen LogP contribution in [0.5, 0.6) is 0 Å². The van der Waals surface area contributed by atoms with Crippen LogP contribution < -0.4 is 5.19 Å². The van der Waals surface area contributed by atoms with E-state index >= 15 is 0 Å². The van der Waals surface area contributed by atoms with E-state index in [2.05, 4.69) is 20.8 Å². The Morgan fingerprint density at radius 3 is 1.12 bits per heavy atom. The van der Waals surface area contributed by atoms with Gasteiger partial charge in [0, 0.05) is 46.0 Å². The first-order chi connectivity index (χ1) is 11.3. The van der Waals surface area contributed by atoms with Crippen LogP contribution in [-0.2, 0) is 26.2 Å². The van der Waals surface area contributed by atoms with Gasteiger partial charge in [-0.2, -0.15) is 12.1 Å². The molecule has 0 heterocycles. The van der Waals surface area contributed by atoms with Gasteiger partial charge < -0.3 is 19.4 Å². The molecule has 1 aromatic carbocycles. The predicted octanol–water partition coefficient (Wildman–Crippen LogP) is 4.12. The first-order valence-electron chi connectivity index (χ1n) is 9.09. The largest absolute Gasteiger partial charge is 0.396 e. The minimum Gasteiger partial charge on any atom is -0.396 e. The molecule has 0 fully saturated rings. The fraction of sp³-hybridized carbons (Fsp3) is 0.737. The van der Waals surface area contributed by atoms with Crippen molar-refractivity contribution in [3.05, 3.63) is 24.3 Å². The van der Waals surface area contributed by atoms with Crippen LogP contribution in [0, 0.1) is 0 Å². The molecule has 1 rings (SSSR count). The van der Waals surface area contributed by atoms with E-state index in [-0.39, 0.29) is 26.2 Å². The third kappa shape index (κ3) is 32.4. The van der Waals surface area contributed by atoms with Gasteiger partial charge in [0.05, 0.1) is 0 Å². The fourth-order valence-electron chi connectivity index (χ4n) is 1.24. The number of rotatable bonds is 7. The van der Waals surface area contributed by atoms with Crippen molar-refractivity contribution in [3.63, 3.8) is 0 Å². The molecule has 3 nitrogen and oxygen atoms in total. The summed E-state index contributed by atoms with van der Waals surface area (Å²) < 4.78 is 13.1. The first-order valence-corrected chi connectivity index (χ1v) is 12.0. The molecule has 1 aromatic rings. The quantitative estimate of drug-likeness (QED) is 0.330. The Kier molecular flexibility index (Phi) is 34.9. The summed E-state index contributed by atoms with van der Waals surface area (Å²) in [6, 6.07) is 7.46. The Morgan fingerprint density at radius 2 is 1.04 bits per heavy atom. The molecule has 0 bridgehead atoms. The number of unbranched alkanes of at least 4 members (excludes halogenated alkanes) is 3. The molecule has 0 radical (unpaired) electrons. The van der Waals surface area contributed by atoms with E-state index in [1.165, 1.54) is 0 Å². The summed E-state index contributed by atoms with van der Waals surface area (Å²) >= 11 is 0. The van der Waals surface area contributed by atoms with Crippen LogP contribution in [0.25, 0.3) is 0 Å². The van der Waals surface area contributed by atoms with E-state index in [0.29, 0.717) is 19.8 Å². The van der Waals surface area contributed by atoms with Crippen LogP contribution >= 0.6 is 0 Å². The topological polar surface area (TPSA) is 60.7 Å². The molecule has 0 spiro atoms. The second-order valence-corrected chi connectivity index (χ2v) is 9.40. The third-order valence-corrected chi connectivity index (χ3v) is 4.59. The second-order valence-electron chi connectivity index (χ2n) is 5.88. The van der Waals surface area contributed by atoms with E-state index in [9.17, 15) is 4.11 Å². The van der Waals surface area contributed by atoms with Gasteiger partial charge in [-0.1, -0.05) is 40.0 Å². The molecule has 25 heavy (non-hydrogen) atoms. The van der Waals surface area contributed by atoms with Gasteiger partial charge in [0.25, 0.3) is 0 Å². The zero-order chi connectivity index (χ0) is 19.3. The Hall–Kier alpha value is 0.260. The maximum Gasteiger partial charge on any atom is 0.214 e. The van der Waals surface area contributed by atoms with Gasteiger partial charge in [-0.3, -0.25) is 0 Å². The summed E-state index contributed by atoms with van der Waals surface area (Å²) in [6.45, 7) is 10.6. The molecule has 3 N–H and O–H groups in total. The van der Waals surface area contributed by atoms with Crippen molar-refractivity contribution in [2.75, 3.05) is 19.8 Å². The fourth-order valence-corrected chi connectivity index (χ4v) is 2.23. The molecular weight excluding hydrogens is 415 g/mol. The van der Waals surface area contributed by atoms with Gasteiger partial charge in [0.1, 0.15) is 0 Å². The van der Waals surface area contributed by atoms with Crippen LogP contribution in [0.3, 0.4) is 0 Å². The normalized spacial score (nSPS) is 9.32. The summed E-state index contributed by atoms with van der Waals surface area (Å²) in [4.78, 5) is 0. The van der Waals surface area contributed by atoms with E-state index in [4.69, 9.17) is 15.3 Å². The van der Waals surface area contributed by atoms with E-state index in [1.54, 1.807) is 13.1 Å². The van der Waals surface area contributed by atoms with Gasteiger partial charge in [0.2, 0.25) is 8.41 Å². The zero-order valence-electron chi connectivity index (χ0n) is 16.9. The Balaban J connectivity index is -0.000000122. The van der Waals surface area contributed by atoms with Crippen LogP contribution in [0.15, 0.2) is 24.3 Å². The van der Waals surface area contributed by atoms with Crippen LogP contribution in [0.1, 0.15) is 59.3 Å². The monoisotopic (exact) mass is 453 g/mol.